The van der Waals surface area contributed by atoms with Gasteiger partial charge < -0.3 is 5.73 Å². The van der Waals surface area contributed by atoms with Gasteiger partial charge in [-0.1, -0.05) is 46.9 Å². The van der Waals surface area contributed by atoms with Crippen LogP contribution in [0.15, 0.2) is 30.3 Å². The van der Waals surface area contributed by atoms with E-state index in [0.29, 0.717) is 20.8 Å². The summed E-state index contributed by atoms with van der Waals surface area (Å²) in [5.74, 6) is -0.163. The molecule has 1 aromatic carbocycles. The van der Waals surface area contributed by atoms with Gasteiger partial charge in [0.1, 0.15) is 11.5 Å². The Bertz CT molecular complexity index is 609. The molecular weight excluding hydrogens is 293 g/mol. The Kier molecular flexibility index (Phi) is 3.76. The molecule has 0 radical (unpaired) electrons. The maximum Gasteiger partial charge on any atom is 0.141 e. The molecule has 2 rings (SSSR count). The maximum atomic E-state index is 7.39. The minimum Gasteiger partial charge on any atom is -0.382 e. The summed E-state index contributed by atoms with van der Waals surface area (Å²) >= 11 is 17.9. The van der Waals surface area contributed by atoms with Crippen molar-refractivity contribution < 1.29 is 0 Å². The summed E-state index contributed by atoms with van der Waals surface area (Å²) < 4.78 is 0. The molecule has 1 aromatic heterocycles. The third kappa shape index (κ3) is 2.58. The molecule has 0 spiro atoms. The fraction of sp³-hybridized carbons (Fsp3) is 0. The molecule has 0 fully saturated rings. The minimum atomic E-state index is -0.163. The van der Waals surface area contributed by atoms with Crippen molar-refractivity contribution in [2.75, 3.05) is 0 Å². The van der Waals surface area contributed by atoms with Crippen LogP contribution >= 0.6 is 34.8 Å². The lowest BCUT2D eigenvalue weighted by atomic mass is 10.1. The first-order chi connectivity index (χ1) is 8.49. The van der Waals surface area contributed by atoms with Gasteiger partial charge in [0.15, 0.2) is 0 Å². The molecule has 0 saturated heterocycles. The van der Waals surface area contributed by atoms with Gasteiger partial charge in [-0.2, -0.15) is 0 Å². The molecule has 3 N–H and O–H groups in total. The predicted octanol–water partition coefficient (Wildman–Crippen LogP) is 3.99. The van der Waals surface area contributed by atoms with Crippen LogP contribution in [0.2, 0.25) is 15.1 Å². The van der Waals surface area contributed by atoms with Crippen LogP contribution in [0.4, 0.5) is 0 Å². The Hall–Kier alpha value is -1.29. The monoisotopic (exact) mass is 299 g/mol. The van der Waals surface area contributed by atoms with Crippen molar-refractivity contribution >= 4 is 40.6 Å². The highest BCUT2D eigenvalue weighted by atomic mass is 35.5. The SMILES string of the molecule is N=C(N)c1cc(Cl)c(Cl)c(-c2ccc(Cl)cc2)n1. The number of hydrogen-bond acceptors (Lipinski definition) is 2. The summed E-state index contributed by atoms with van der Waals surface area (Å²) in [4.78, 5) is 4.22. The number of hydrogen-bond donors (Lipinski definition) is 2. The predicted molar refractivity (Wildman–Crippen MR) is 75.7 cm³/mol. The van der Waals surface area contributed by atoms with Crippen LogP contribution in [0.1, 0.15) is 5.69 Å². The number of pyridine rings is 1. The third-order valence-electron chi connectivity index (χ3n) is 2.31. The number of benzene rings is 1. The lowest BCUT2D eigenvalue weighted by Gasteiger charge is -2.08. The Morgan fingerprint density at radius 3 is 2.28 bits per heavy atom. The smallest absolute Gasteiger partial charge is 0.141 e. The summed E-state index contributed by atoms with van der Waals surface area (Å²) in [6.07, 6.45) is 0. The fourth-order valence-electron chi connectivity index (χ4n) is 1.44. The topological polar surface area (TPSA) is 62.8 Å². The highest BCUT2D eigenvalue weighted by molar-refractivity contribution is 6.43. The molecule has 1 heterocycles. The second kappa shape index (κ2) is 5.14. The van der Waals surface area contributed by atoms with E-state index in [9.17, 15) is 0 Å². The number of nitrogen functional groups attached to an aromatic ring is 1. The Labute approximate surface area is 119 Å². The van der Waals surface area contributed by atoms with Gasteiger partial charge in [0, 0.05) is 10.6 Å². The van der Waals surface area contributed by atoms with Crippen molar-refractivity contribution in [3.63, 3.8) is 0 Å². The summed E-state index contributed by atoms with van der Waals surface area (Å²) in [5, 5.41) is 8.63. The van der Waals surface area contributed by atoms with E-state index in [2.05, 4.69) is 4.98 Å². The largest absolute Gasteiger partial charge is 0.382 e. The number of rotatable bonds is 2. The highest BCUT2D eigenvalue weighted by Gasteiger charge is 2.12. The standard InChI is InChI=1S/C12H8Cl3N3/c13-7-3-1-6(2-4-7)11-10(15)8(14)5-9(18-11)12(16)17/h1-5H,(H3,16,17). The Morgan fingerprint density at radius 2 is 1.72 bits per heavy atom. The average molecular weight is 301 g/mol. The second-order valence-corrected chi connectivity index (χ2v) is 4.79. The van der Waals surface area contributed by atoms with E-state index in [1.807, 2.05) is 0 Å². The van der Waals surface area contributed by atoms with E-state index in [1.54, 1.807) is 24.3 Å². The van der Waals surface area contributed by atoms with Crippen molar-refractivity contribution in [1.82, 2.24) is 4.98 Å². The van der Waals surface area contributed by atoms with E-state index < -0.39 is 0 Å². The van der Waals surface area contributed by atoms with Crippen LogP contribution < -0.4 is 5.73 Å². The molecule has 6 heteroatoms. The van der Waals surface area contributed by atoms with Gasteiger partial charge in [-0.05, 0) is 18.2 Å². The number of nitrogens with one attached hydrogen (secondary N) is 1. The Morgan fingerprint density at radius 1 is 1.11 bits per heavy atom. The molecule has 18 heavy (non-hydrogen) atoms. The molecule has 2 aromatic rings. The van der Waals surface area contributed by atoms with E-state index in [4.69, 9.17) is 45.9 Å². The van der Waals surface area contributed by atoms with Crippen LogP contribution in [0.25, 0.3) is 11.3 Å². The zero-order valence-corrected chi connectivity index (χ0v) is 11.3. The number of amidine groups is 1. The lowest BCUT2D eigenvalue weighted by molar-refractivity contribution is 1.26. The number of halogens is 3. The van der Waals surface area contributed by atoms with Gasteiger partial charge in [0.05, 0.1) is 15.7 Å². The van der Waals surface area contributed by atoms with E-state index >= 15 is 0 Å². The summed E-state index contributed by atoms with van der Waals surface area (Å²) in [6.45, 7) is 0. The van der Waals surface area contributed by atoms with Crippen molar-refractivity contribution in [2.45, 2.75) is 0 Å². The van der Waals surface area contributed by atoms with Gasteiger partial charge in [-0.3, -0.25) is 5.41 Å². The van der Waals surface area contributed by atoms with E-state index in [-0.39, 0.29) is 11.5 Å². The molecule has 0 atom stereocenters. The van der Waals surface area contributed by atoms with Crippen molar-refractivity contribution in [3.05, 3.63) is 51.1 Å². The molecule has 0 saturated carbocycles. The Balaban J connectivity index is 2.62. The van der Waals surface area contributed by atoms with Crippen molar-refractivity contribution in [3.8, 4) is 11.3 Å². The van der Waals surface area contributed by atoms with Crippen molar-refractivity contribution in [2.24, 2.45) is 5.73 Å². The molecule has 0 amide bonds. The first kappa shape index (κ1) is 13.1. The quantitative estimate of drug-likeness (QED) is 0.650. The highest BCUT2D eigenvalue weighted by Crippen LogP contribution is 2.33. The average Bonchev–Trinajstić information content (AvgIpc) is 2.33. The van der Waals surface area contributed by atoms with Crippen LogP contribution in [0.5, 0.6) is 0 Å². The second-order valence-electron chi connectivity index (χ2n) is 3.57. The number of aromatic nitrogens is 1. The molecule has 0 aliphatic carbocycles. The molecule has 3 nitrogen and oxygen atoms in total. The molecule has 0 unspecified atom stereocenters. The zero-order chi connectivity index (χ0) is 13.3. The van der Waals surface area contributed by atoms with Crippen molar-refractivity contribution in [1.29, 1.82) is 5.41 Å². The summed E-state index contributed by atoms with van der Waals surface area (Å²) in [5.41, 5.74) is 6.92. The number of nitrogens with two attached hydrogens (primary N) is 1. The van der Waals surface area contributed by atoms with E-state index in [0.717, 1.165) is 5.56 Å². The van der Waals surface area contributed by atoms with Crippen LogP contribution in [-0.2, 0) is 0 Å². The van der Waals surface area contributed by atoms with Gasteiger partial charge in [-0.25, -0.2) is 4.98 Å². The third-order valence-corrected chi connectivity index (χ3v) is 3.34. The first-order valence-corrected chi connectivity index (χ1v) is 6.09. The molecular formula is C12H8Cl3N3. The van der Waals surface area contributed by atoms with Gasteiger partial charge in [0.25, 0.3) is 0 Å². The minimum absolute atomic E-state index is 0.163. The molecule has 92 valence electrons. The molecule has 0 aliphatic rings. The van der Waals surface area contributed by atoms with Gasteiger partial charge in [-0.15, -0.1) is 0 Å². The van der Waals surface area contributed by atoms with Crippen LogP contribution in [0, 0.1) is 5.41 Å². The van der Waals surface area contributed by atoms with Crippen LogP contribution in [-0.4, -0.2) is 10.8 Å². The fourth-order valence-corrected chi connectivity index (χ4v) is 1.96. The van der Waals surface area contributed by atoms with E-state index in [1.165, 1.54) is 6.07 Å². The number of nitrogens with zero attached hydrogens (tertiary/aromatic N) is 1. The van der Waals surface area contributed by atoms with Gasteiger partial charge in [0.2, 0.25) is 0 Å². The lowest BCUT2D eigenvalue weighted by Crippen LogP contribution is -2.13. The summed E-state index contributed by atoms with van der Waals surface area (Å²) in [7, 11) is 0. The first-order valence-electron chi connectivity index (χ1n) is 4.95. The molecule has 0 aliphatic heterocycles. The van der Waals surface area contributed by atoms with Crippen LogP contribution in [0.3, 0.4) is 0 Å². The normalized spacial score (nSPS) is 10.4. The van der Waals surface area contributed by atoms with Gasteiger partial charge >= 0.3 is 0 Å². The maximum absolute atomic E-state index is 7.39. The summed E-state index contributed by atoms with van der Waals surface area (Å²) in [6, 6.07) is 8.46. The molecule has 0 bridgehead atoms. The zero-order valence-electron chi connectivity index (χ0n) is 9.05.